The number of aliphatic hydroxyl groups excluding tert-OH is 20. The molecular formula is C45H73N3O38. The van der Waals surface area contributed by atoms with Gasteiger partial charge in [-0.05, 0) is 0 Å². The van der Waals surface area contributed by atoms with E-state index < -0.39 is 278 Å². The van der Waals surface area contributed by atoms with Crippen molar-refractivity contribution in [3.05, 3.63) is 0 Å². The van der Waals surface area contributed by atoms with Crippen LogP contribution in [-0.2, 0) is 71.4 Å². The average Bonchev–Trinajstić information content (AvgIpc) is 0.849. The molecule has 5 rings (SSSR count). The van der Waals surface area contributed by atoms with E-state index in [0.29, 0.717) is 0 Å². The summed E-state index contributed by atoms with van der Waals surface area (Å²) in [7, 11) is 0. The van der Waals surface area contributed by atoms with Crippen LogP contribution in [0.3, 0.4) is 0 Å². The molecule has 0 spiro atoms. The molecule has 5 saturated heterocycles. The number of aliphatic carboxylic acids is 3. The van der Waals surface area contributed by atoms with E-state index in [-0.39, 0.29) is 0 Å². The van der Waals surface area contributed by atoms with Crippen LogP contribution in [0.1, 0.15) is 19.3 Å². The average molecular weight is 1260 g/mol. The molecule has 86 heavy (non-hydrogen) atoms. The summed E-state index contributed by atoms with van der Waals surface area (Å²) in [5.74, 6) is -21.8. The third-order valence-corrected chi connectivity index (χ3v) is 14.8. The monoisotopic (exact) mass is 1260 g/mol. The van der Waals surface area contributed by atoms with E-state index >= 15 is 0 Å². The van der Waals surface area contributed by atoms with E-state index in [1.165, 1.54) is 0 Å². The Morgan fingerprint density at radius 3 is 1.21 bits per heavy atom. The van der Waals surface area contributed by atoms with Gasteiger partial charge in [0.25, 0.3) is 17.4 Å². The second kappa shape index (κ2) is 30.4. The Labute approximate surface area is 482 Å². The highest BCUT2D eigenvalue weighted by atomic mass is 16.8. The Bertz CT molecular complexity index is 2280. The van der Waals surface area contributed by atoms with Crippen LogP contribution >= 0.6 is 0 Å². The number of carbonyl (C=O) groups is 6. The molecule has 0 aromatic carbocycles. The van der Waals surface area contributed by atoms with Gasteiger partial charge in [-0.15, -0.1) is 0 Å². The molecule has 5 aliphatic rings. The van der Waals surface area contributed by atoms with Gasteiger partial charge < -0.3 is 176 Å². The number of amides is 3. The predicted molar refractivity (Wildman–Crippen MR) is 257 cm³/mol. The summed E-state index contributed by atoms with van der Waals surface area (Å²) in [4.78, 5) is 77.5. The van der Waals surface area contributed by atoms with Crippen LogP contribution in [0.25, 0.3) is 0 Å². The Hall–Kier alpha value is -4.34. The standard InChI is InChI=1S/C45H73N3O38/c49-4-15(60)26(64)34-23(46-20(61)9-54)12(57)1-43(83-34,40(72)73)81-17(6-51)28(66)35-24(47-21(62)10-55)13(58)2-44(84-35,41(74)75)82-18(7-52)29(67)36-25(48-22(63)11-56)14(59)3-45(85-36,42(76)77)86-37-27(65)16(5-50)79-39(32(37)70)80-33-19(8-53)78-38(71)31(69)30(33)68/h12-19,23-39,49-60,64-71H,1-11H2,(H,46,61)(H,47,62)(H,48,63)(H,72,73)(H,74,75)(H,76,77)/t12-,13-,14-,15+,16+,17+,18+,19+,23+,24+,25+,26+,27-,28+,29+,30+,31+,32+,33+,34+,35+,36+,37-,38+,39-,43+,44+,45-/m0/s1. The minimum Gasteiger partial charge on any atom is -0.477 e. The molecule has 0 radical (unpaired) electrons. The van der Waals surface area contributed by atoms with Gasteiger partial charge in [0.2, 0.25) is 17.7 Å². The normalized spacial score (nSPS) is 40.7. The number of carboxylic acid groups (broad SMARTS) is 3. The number of hydrogen-bond donors (Lipinski definition) is 26. The number of ether oxygens (including phenoxy) is 9. The molecular weight excluding hydrogens is 1190 g/mol. The summed E-state index contributed by atoms with van der Waals surface area (Å²) >= 11 is 0. The Balaban J connectivity index is 1.54. The summed E-state index contributed by atoms with van der Waals surface area (Å²) in [5.41, 5.74) is 0. The third-order valence-electron chi connectivity index (χ3n) is 14.8. The van der Waals surface area contributed by atoms with Crippen LogP contribution in [0.5, 0.6) is 0 Å². The van der Waals surface area contributed by atoms with Crippen molar-refractivity contribution < 1.29 is 189 Å². The third kappa shape index (κ3) is 15.4. The molecule has 3 amide bonds. The Kier molecular flexibility index (Phi) is 25.6. The maximum Gasteiger partial charge on any atom is 0.364 e. The van der Waals surface area contributed by atoms with E-state index in [0.717, 1.165) is 0 Å². The maximum atomic E-state index is 13.5. The van der Waals surface area contributed by atoms with Crippen LogP contribution in [0.15, 0.2) is 0 Å². The molecule has 5 fully saturated rings. The van der Waals surface area contributed by atoms with Gasteiger partial charge in [0.05, 0.1) is 69.5 Å². The van der Waals surface area contributed by atoms with Crippen LogP contribution in [0.4, 0.5) is 0 Å². The minimum atomic E-state index is -3.67. The fourth-order valence-electron chi connectivity index (χ4n) is 10.3. The molecule has 0 aliphatic carbocycles. The zero-order valence-electron chi connectivity index (χ0n) is 44.6. The molecule has 0 bridgehead atoms. The highest BCUT2D eigenvalue weighted by Crippen LogP contribution is 2.42. The van der Waals surface area contributed by atoms with Gasteiger partial charge in [-0.1, -0.05) is 0 Å². The van der Waals surface area contributed by atoms with Crippen LogP contribution in [0, 0.1) is 0 Å². The number of carbonyl (C=O) groups excluding carboxylic acids is 3. The van der Waals surface area contributed by atoms with Crippen molar-refractivity contribution in [3.63, 3.8) is 0 Å². The van der Waals surface area contributed by atoms with Gasteiger partial charge in [0, 0.05) is 19.3 Å². The molecule has 28 atom stereocenters. The number of hydrogen-bond acceptors (Lipinski definition) is 35. The molecule has 0 saturated carbocycles. The maximum absolute atomic E-state index is 13.5. The smallest absolute Gasteiger partial charge is 0.364 e. The lowest BCUT2D eigenvalue weighted by Crippen LogP contribution is -2.72. The van der Waals surface area contributed by atoms with Gasteiger partial charge in [-0.25, -0.2) is 14.4 Å². The van der Waals surface area contributed by atoms with E-state index in [9.17, 15) is 146 Å². The molecule has 41 nitrogen and oxygen atoms in total. The number of rotatable bonds is 28. The lowest BCUT2D eigenvalue weighted by molar-refractivity contribution is -0.387. The molecule has 5 heterocycles. The van der Waals surface area contributed by atoms with E-state index in [1.54, 1.807) is 0 Å². The zero-order chi connectivity index (χ0) is 64.7. The van der Waals surface area contributed by atoms with Gasteiger partial charge in [-0.2, -0.15) is 0 Å². The fraction of sp³-hybridized carbons (Fsp3) is 0.867. The highest BCUT2D eigenvalue weighted by molar-refractivity contribution is 5.80. The van der Waals surface area contributed by atoms with Crippen molar-refractivity contribution in [2.45, 2.75) is 189 Å². The van der Waals surface area contributed by atoms with E-state index in [1.807, 2.05) is 16.0 Å². The molecule has 26 N–H and O–H groups in total. The Morgan fingerprint density at radius 2 is 0.849 bits per heavy atom. The van der Waals surface area contributed by atoms with Crippen molar-refractivity contribution in [2.75, 3.05) is 52.9 Å². The summed E-state index contributed by atoms with van der Waals surface area (Å²) in [6, 6.07) is -6.39. The van der Waals surface area contributed by atoms with E-state index in [4.69, 9.17) is 42.6 Å². The summed E-state index contributed by atoms with van der Waals surface area (Å²) < 4.78 is 49.6. The van der Waals surface area contributed by atoms with Gasteiger partial charge in [0.15, 0.2) is 12.6 Å². The predicted octanol–water partition coefficient (Wildman–Crippen LogP) is -17.0. The number of carboxylic acids is 3. The quantitative estimate of drug-likeness (QED) is 0.0346. The van der Waals surface area contributed by atoms with Crippen LogP contribution in [0.2, 0.25) is 0 Å². The fourth-order valence-corrected chi connectivity index (χ4v) is 10.3. The summed E-state index contributed by atoms with van der Waals surface area (Å²) in [6.45, 7) is -10.9. The number of nitrogens with one attached hydrogen (secondary N) is 3. The first-order valence-electron chi connectivity index (χ1n) is 26.0. The van der Waals surface area contributed by atoms with Crippen molar-refractivity contribution in [1.82, 2.24) is 16.0 Å². The van der Waals surface area contributed by atoms with Gasteiger partial charge in [0.1, 0.15) is 124 Å². The Morgan fingerprint density at radius 1 is 0.465 bits per heavy atom. The highest BCUT2D eigenvalue weighted by Gasteiger charge is 2.64. The summed E-state index contributed by atoms with van der Waals surface area (Å²) in [5, 5.41) is 251. The lowest BCUT2D eigenvalue weighted by atomic mass is 9.86. The van der Waals surface area contributed by atoms with Crippen LogP contribution in [-0.4, -0.2) is 376 Å². The summed E-state index contributed by atoms with van der Waals surface area (Å²) in [6.07, 6.45) is -56.4. The van der Waals surface area contributed by atoms with Gasteiger partial charge >= 0.3 is 17.9 Å². The second-order valence-corrected chi connectivity index (χ2v) is 20.5. The van der Waals surface area contributed by atoms with Crippen LogP contribution < -0.4 is 16.0 Å². The topological polar surface area (TPSA) is 687 Å². The first-order valence-corrected chi connectivity index (χ1v) is 26.0. The minimum absolute atomic E-state index is 1.04. The van der Waals surface area contributed by atoms with E-state index in [2.05, 4.69) is 0 Å². The second-order valence-electron chi connectivity index (χ2n) is 20.5. The van der Waals surface area contributed by atoms with Crippen molar-refractivity contribution in [2.24, 2.45) is 0 Å². The van der Waals surface area contributed by atoms with Crippen molar-refractivity contribution in [1.29, 1.82) is 0 Å². The molecule has 0 unspecified atom stereocenters. The van der Waals surface area contributed by atoms with Gasteiger partial charge in [-0.3, -0.25) is 14.4 Å². The molecule has 0 aromatic rings. The first-order chi connectivity index (χ1) is 40.3. The lowest BCUT2D eigenvalue weighted by Gasteiger charge is -2.51. The number of aliphatic hydroxyl groups is 20. The molecule has 41 heteroatoms. The molecule has 0 aromatic heterocycles. The first kappa shape index (κ1) is 72.4. The largest absolute Gasteiger partial charge is 0.477 e. The van der Waals surface area contributed by atoms with Crippen molar-refractivity contribution in [3.8, 4) is 0 Å². The molecule has 496 valence electrons. The molecule has 5 aliphatic heterocycles. The zero-order valence-corrected chi connectivity index (χ0v) is 44.6. The SMILES string of the molecule is O=C(CO)N[C@H]1[C@H]([C@H](O)[C@H](O)CO)O[C@@](O[C@H](CO)[C@@H](O)[C@@H]2O[C@@](O[C@H](CO)[C@@H](O)[C@@H]3O[C@@](O[C@H]4[C@@H](O)[C@@H](CO)O[C@@H](O[C@H]5[C@H](O)[C@@H](O)[C@H](O)O[C@@H]5CO)[C@@H]4O)(C(=O)O)C[C@H](O)[C@H]3NC(=O)CO)(C(=O)O)C[C@H](O)[C@H]2NC(=O)CO)(C(=O)O)C[C@@H]1O. The van der Waals surface area contributed by atoms with Crippen molar-refractivity contribution >= 4 is 35.6 Å².